The van der Waals surface area contributed by atoms with E-state index in [0.717, 1.165) is 26.1 Å². The summed E-state index contributed by atoms with van der Waals surface area (Å²) in [6.45, 7) is 2.35. The fourth-order valence-electron chi connectivity index (χ4n) is 2.16. The lowest BCUT2D eigenvalue weighted by atomic mass is 10.0. The smallest absolute Gasteiger partial charge is 0.337 e. The van der Waals surface area contributed by atoms with Crippen molar-refractivity contribution in [3.8, 4) is 0 Å². The fraction of sp³-hybridized carbons (Fsp3) is 0.462. The molecule has 1 aliphatic heterocycles. The third kappa shape index (κ3) is 2.92. The van der Waals surface area contributed by atoms with Crippen LogP contribution in [0.15, 0.2) is 18.2 Å². The van der Waals surface area contributed by atoms with Crippen molar-refractivity contribution >= 4 is 17.3 Å². The normalized spacial score (nSPS) is 18.8. The van der Waals surface area contributed by atoms with Gasteiger partial charge >= 0.3 is 5.97 Å². The highest BCUT2D eigenvalue weighted by molar-refractivity contribution is 5.97. The molecule has 18 heavy (non-hydrogen) atoms. The zero-order valence-corrected chi connectivity index (χ0v) is 10.2. The highest BCUT2D eigenvalue weighted by Crippen LogP contribution is 2.24. The summed E-state index contributed by atoms with van der Waals surface area (Å²) in [6, 6.07) is 4.90. The number of nitrogen functional groups attached to an aromatic ring is 1. The first-order chi connectivity index (χ1) is 8.68. The maximum Gasteiger partial charge on any atom is 0.337 e. The van der Waals surface area contributed by atoms with E-state index in [1.807, 2.05) is 0 Å². The Morgan fingerprint density at radius 1 is 1.56 bits per heavy atom. The largest absolute Gasteiger partial charge is 0.478 e. The molecule has 1 aromatic rings. The van der Waals surface area contributed by atoms with E-state index in [0.29, 0.717) is 23.8 Å². The van der Waals surface area contributed by atoms with Crippen LogP contribution in [-0.2, 0) is 4.74 Å². The molecule has 4 N–H and O–H groups in total. The predicted molar refractivity (Wildman–Crippen MR) is 69.8 cm³/mol. The van der Waals surface area contributed by atoms with Gasteiger partial charge in [0, 0.05) is 19.8 Å². The summed E-state index contributed by atoms with van der Waals surface area (Å²) in [6.07, 6.45) is 2.05. The standard InChI is InChI=1S/C13H18N2O3/c14-11-3-1-2-10(13(16)17)12(11)15-6-4-9-5-7-18-8-9/h1-3,9,15H,4-8,14H2,(H,16,17). The lowest BCUT2D eigenvalue weighted by Crippen LogP contribution is -2.13. The molecule has 5 nitrogen and oxygen atoms in total. The predicted octanol–water partition coefficient (Wildman–Crippen LogP) is 1.81. The fourth-order valence-corrected chi connectivity index (χ4v) is 2.16. The number of para-hydroxylation sites is 1. The topological polar surface area (TPSA) is 84.6 Å². The molecule has 2 rings (SSSR count). The average molecular weight is 250 g/mol. The van der Waals surface area contributed by atoms with Crippen LogP contribution in [0.5, 0.6) is 0 Å². The first-order valence-corrected chi connectivity index (χ1v) is 6.12. The molecule has 0 amide bonds. The molecule has 5 heteroatoms. The number of hydrogen-bond donors (Lipinski definition) is 3. The number of carboxylic acid groups (broad SMARTS) is 1. The Labute approximate surface area is 106 Å². The zero-order valence-electron chi connectivity index (χ0n) is 10.2. The minimum atomic E-state index is -0.964. The van der Waals surface area contributed by atoms with Crippen LogP contribution in [0, 0.1) is 5.92 Å². The Morgan fingerprint density at radius 2 is 2.39 bits per heavy atom. The van der Waals surface area contributed by atoms with Crippen LogP contribution in [0.1, 0.15) is 23.2 Å². The molecule has 0 saturated carbocycles. The van der Waals surface area contributed by atoms with Crippen molar-refractivity contribution in [1.82, 2.24) is 0 Å². The summed E-state index contributed by atoms with van der Waals surface area (Å²) in [7, 11) is 0. The number of benzene rings is 1. The lowest BCUT2D eigenvalue weighted by molar-refractivity contribution is 0.0698. The minimum Gasteiger partial charge on any atom is -0.478 e. The van der Waals surface area contributed by atoms with Crippen LogP contribution >= 0.6 is 0 Å². The van der Waals surface area contributed by atoms with Gasteiger partial charge in [0.25, 0.3) is 0 Å². The Balaban J connectivity index is 1.97. The van der Waals surface area contributed by atoms with E-state index in [1.54, 1.807) is 18.2 Å². The molecule has 1 aromatic carbocycles. The number of nitrogens with one attached hydrogen (secondary N) is 1. The van der Waals surface area contributed by atoms with E-state index in [9.17, 15) is 4.79 Å². The van der Waals surface area contributed by atoms with Crippen LogP contribution in [0.3, 0.4) is 0 Å². The van der Waals surface area contributed by atoms with Crippen molar-refractivity contribution in [1.29, 1.82) is 0 Å². The van der Waals surface area contributed by atoms with Crippen LogP contribution in [-0.4, -0.2) is 30.8 Å². The SMILES string of the molecule is Nc1cccc(C(=O)O)c1NCCC1CCOC1. The summed E-state index contributed by atoms with van der Waals surface area (Å²) < 4.78 is 5.30. The zero-order chi connectivity index (χ0) is 13.0. The van der Waals surface area contributed by atoms with Crippen molar-refractivity contribution in [3.63, 3.8) is 0 Å². The van der Waals surface area contributed by atoms with Gasteiger partial charge in [-0.05, 0) is 30.9 Å². The molecule has 0 aliphatic carbocycles. The summed E-state index contributed by atoms with van der Waals surface area (Å²) in [5, 5.41) is 12.2. The van der Waals surface area contributed by atoms with Gasteiger partial charge in [0.2, 0.25) is 0 Å². The molecular weight excluding hydrogens is 232 g/mol. The van der Waals surface area contributed by atoms with Gasteiger partial charge < -0.3 is 20.9 Å². The van der Waals surface area contributed by atoms with Gasteiger partial charge in [-0.3, -0.25) is 0 Å². The minimum absolute atomic E-state index is 0.220. The molecule has 98 valence electrons. The molecule has 0 spiro atoms. The van der Waals surface area contributed by atoms with Crippen molar-refractivity contribution in [3.05, 3.63) is 23.8 Å². The van der Waals surface area contributed by atoms with E-state index < -0.39 is 5.97 Å². The van der Waals surface area contributed by atoms with Gasteiger partial charge in [0.1, 0.15) is 0 Å². The molecule has 1 saturated heterocycles. The Kier molecular flexibility index (Phi) is 4.04. The Morgan fingerprint density at radius 3 is 3.06 bits per heavy atom. The average Bonchev–Trinajstić information content (AvgIpc) is 2.84. The van der Waals surface area contributed by atoms with Gasteiger partial charge in [-0.25, -0.2) is 4.79 Å². The number of nitrogens with two attached hydrogens (primary N) is 1. The number of ether oxygens (including phenoxy) is 1. The molecule has 0 radical (unpaired) electrons. The van der Waals surface area contributed by atoms with Gasteiger partial charge in [-0.2, -0.15) is 0 Å². The summed E-state index contributed by atoms with van der Waals surface area (Å²) in [4.78, 5) is 11.1. The van der Waals surface area contributed by atoms with Crippen LogP contribution < -0.4 is 11.1 Å². The van der Waals surface area contributed by atoms with E-state index in [-0.39, 0.29) is 5.56 Å². The van der Waals surface area contributed by atoms with Crippen LogP contribution in [0.25, 0.3) is 0 Å². The first-order valence-electron chi connectivity index (χ1n) is 6.12. The van der Waals surface area contributed by atoms with Crippen molar-refractivity contribution < 1.29 is 14.6 Å². The van der Waals surface area contributed by atoms with E-state index in [2.05, 4.69) is 5.32 Å². The van der Waals surface area contributed by atoms with Gasteiger partial charge in [0.15, 0.2) is 0 Å². The second-order valence-corrected chi connectivity index (χ2v) is 4.52. The quantitative estimate of drug-likeness (QED) is 0.694. The molecule has 1 unspecified atom stereocenters. The van der Waals surface area contributed by atoms with Gasteiger partial charge in [-0.1, -0.05) is 6.07 Å². The van der Waals surface area contributed by atoms with E-state index in [4.69, 9.17) is 15.6 Å². The highest BCUT2D eigenvalue weighted by atomic mass is 16.5. The molecule has 1 aliphatic rings. The third-order valence-electron chi connectivity index (χ3n) is 3.21. The number of rotatable bonds is 5. The lowest BCUT2D eigenvalue weighted by Gasteiger charge is -2.13. The van der Waals surface area contributed by atoms with Gasteiger partial charge in [0.05, 0.1) is 16.9 Å². The monoisotopic (exact) mass is 250 g/mol. The highest BCUT2D eigenvalue weighted by Gasteiger charge is 2.16. The second-order valence-electron chi connectivity index (χ2n) is 4.52. The third-order valence-corrected chi connectivity index (χ3v) is 3.21. The maximum atomic E-state index is 11.1. The van der Waals surface area contributed by atoms with Crippen molar-refractivity contribution in [2.24, 2.45) is 5.92 Å². The molecule has 0 bridgehead atoms. The van der Waals surface area contributed by atoms with E-state index >= 15 is 0 Å². The first kappa shape index (κ1) is 12.7. The van der Waals surface area contributed by atoms with Crippen molar-refractivity contribution in [2.75, 3.05) is 30.8 Å². The number of carboxylic acids is 1. The molecule has 0 aromatic heterocycles. The van der Waals surface area contributed by atoms with Crippen LogP contribution in [0.2, 0.25) is 0 Å². The molecule has 1 atom stereocenters. The molecule has 1 fully saturated rings. The Bertz CT molecular complexity index is 428. The summed E-state index contributed by atoms with van der Waals surface area (Å²) in [5.41, 5.74) is 7.01. The summed E-state index contributed by atoms with van der Waals surface area (Å²) in [5.74, 6) is -0.398. The molecular formula is C13H18N2O3. The molecule has 1 heterocycles. The van der Waals surface area contributed by atoms with Gasteiger partial charge in [-0.15, -0.1) is 0 Å². The number of anilines is 2. The number of aromatic carboxylic acids is 1. The summed E-state index contributed by atoms with van der Waals surface area (Å²) >= 11 is 0. The second kappa shape index (κ2) is 5.73. The Hall–Kier alpha value is -1.75. The number of carbonyl (C=O) groups is 1. The van der Waals surface area contributed by atoms with E-state index in [1.165, 1.54) is 0 Å². The van der Waals surface area contributed by atoms with Crippen LogP contribution in [0.4, 0.5) is 11.4 Å². The van der Waals surface area contributed by atoms with Crippen molar-refractivity contribution in [2.45, 2.75) is 12.8 Å². The number of hydrogen-bond acceptors (Lipinski definition) is 4. The maximum absolute atomic E-state index is 11.1.